The fourth-order valence-electron chi connectivity index (χ4n) is 4.62. The van der Waals surface area contributed by atoms with E-state index < -0.39 is 10.0 Å². The van der Waals surface area contributed by atoms with Gasteiger partial charge in [-0.3, -0.25) is 4.90 Å². The van der Waals surface area contributed by atoms with Crippen molar-refractivity contribution in [1.82, 2.24) is 9.21 Å². The molecule has 3 aliphatic rings. The standard InChI is InChI=1S/C16H30N2O2S/c1-14-11-17-10-6-7-15(17)12-18(14)21(19,20)13-16(2)8-4-3-5-9-16/h14-15H,3-13H2,1-2H3/t14-,15+/m1/s1. The van der Waals surface area contributed by atoms with E-state index >= 15 is 0 Å². The monoisotopic (exact) mass is 314 g/mol. The molecule has 0 radical (unpaired) electrons. The van der Waals surface area contributed by atoms with E-state index in [1.807, 2.05) is 4.31 Å². The highest BCUT2D eigenvalue weighted by atomic mass is 32.2. The summed E-state index contributed by atoms with van der Waals surface area (Å²) >= 11 is 0. The Bertz CT molecular complexity index is 471. The lowest BCUT2D eigenvalue weighted by Crippen LogP contribution is -2.57. The van der Waals surface area contributed by atoms with Crippen LogP contribution >= 0.6 is 0 Å². The number of rotatable bonds is 3. The summed E-state index contributed by atoms with van der Waals surface area (Å²) in [5, 5.41) is 0. The Labute approximate surface area is 129 Å². The smallest absolute Gasteiger partial charge is 0.214 e. The quantitative estimate of drug-likeness (QED) is 0.803. The minimum absolute atomic E-state index is 0.00358. The van der Waals surface area contributed by atoms with Crippen LogP contribution in [-0.2, 0) is 10.0 Å². The fraction of sp³-hybridized carbons (Fsp3) is 1.00. The molecule has 0 aromatic carbocycles. The molecule has 21 heavy (non-hydrogen) atoms. The zero-order valence-corrected chi connectivity index (χ0v) is 14.4. The number of sulfonamides is 1. The number of nitrogens with zero attached hydrogens (tertiary/aromatic N) is 2. The van der Waals surface area contributed by atoms with Crippen LogP contribution in [-0.4, -0.2) is 55.1 Å². The molecule has 0 aromatic rings. The molecule has 2 atom stereocenters. The van der Waals surface area contributed by atoms with E-state index in [4.69, 9.17) is 0 Å². The maximum atomic E-state index is 13.0. The molecule has 0 N–H and O–H groups in total. The van der Waals surface area contributed by atoms with Crippen molar-refractivity contribution < 1.29 is 8.42 Å². The average molecular weight is 314 g/mol. The topological polar surface area (TPSA) is 40.6 Å². The summed E-state index contributed by atoms with van der Waals surface area (Å²) in [4.78, 5) is 2.49. The second-order valence-electron chi connectivity index (χ2n) is 7.84. The predicted octanol–water partition coefficient (Wildman–Crippen LogP) is 2.46. The molecule has 0 unspecified atom stereocenters. The molecule has 3 fully saturated rings. The van der Waals surface area contributed by atoms with Crippen molar-refractivity contribution in [1.29, 1.82) is 0 Å². The van der Waals surface area contributed by atoms with Gasteiger partial charge in [-0.2, -0.15) is 4.31 Å². The van der Waals surface area contributed by atoms with Crippen LogP contribution in [0.2, 0.25) is 0 Å². The van der Waals surface area contributed by atoms with Crippen molar-refractivity contribution in [2.75, 3.05) is 25.4 Å². The Kier molecular flexibility index (Phi) is 4.37. The lowest BCUT2D eigenvalue weighted by atomic mass is 9.77. The second-order valence-corrected chi connectivity index (χ2v) is 9.76. The zero-order chi connectivity index (χ0) is 15.1. The molecule has 1 saturated carbocycles. The zero-order valence-electron chi connectivity index (χ0n) is 13.6. The summed E-state index contributed by atoms with van der Waals surface area (Å²) in [7, 11) is -3.12. The van der Waals surface area contributed by atoms with Crippen molar-refractivity contribution in [2.45, 2.75) is 70.9 Å². The van der Waals surface area contributed by atoms with Crippen molar-refractivity contribution in [3.8, 4) is 0 Å². The van der Waals surface area contributed by atoms with Gasteiger partial charge >= 0.3 is 0 Å². The molecule has 4 nitrogen and oxygen atoms in total. The molecule has 0 bridgehead atoms. The average Bonchev–Trinajstić information content (AvgIpc) is 2.84. The summed E-state index contributed by atoms with van der Waals surface area (Å²) in [6.07, 6.45) is 8.19. The molecule has 122 valence electrons. The maximum absolute atomic E-state index is 13.0. The number of fused-ring (bicyclic) bond motifs is 1. The van der Waals surface area contributed by atoms with E-state index in [1.54, 1.807) is 0 Å². The highest BCUT2D eigenvalue weighted by Gasteiger charge is 2.42. The van der Waals surface area contributed by atoms with E-state index in [2.05, 4.69) is 18.7 Å². The highest BCUT2D eigenvalue weighted by Crippen LogP contribution is 2.38. The molecular weight excluding hydrogens is 284 g/mol. The van der Waals surface area contributed by atoms with Crippen LogP contribution in [0.25, 0.3) is 0 Å². The predicted molar refractivity (Wildman–Crippen MR) is 85.7 cm³/mol. The minimum Gasteiger partial charge on any atom is -0.297 e. The van der Waals surface area contributed by atoms with Crippen LogP contribution in [0.15, 0.2) is 0 Å². The second kappa shape index (κ2) is 5.82. The van der Waals surface area contributed by atoms with Crippen molar-refractivity contribution in [3.05, 3.63) is 0 Å². The van der Waals surface area contributed by atoms with Crippen LogP contribution in [0.3, 0.4) is 0 Å². The third-order valence-electron chi connectivity index (χ3n) is 5.83. The van der Waals surface area contributed by atoms with Gasteiger partial charge in [-0.15, -0.1) is 0 Å². The Morgan fingerprint density at radius 1 is 1.10 bits per heavy atom. The first kappa shape index (κ1) is 15.8. The first-order chi connectivity index (χ1) is 9.90. The van der Waals surface area contributed by atoms with E-state index in [1.165, 1.54) is 25.7 Å². The van der Waals surface area contributed by atoms with Gasteiger partial charge < -0.3 is 0 Å². The lowest BCUT2D eigenvalue weighted by Gasteiger charge is -2.43. The van der Waals surface area contributed by atoms with Crippen LogP contribution in [0.1, 0.15) is 58.8 Å². The van der Waals surface area contributed by atoms with Crippen LogP contribution in [0.4, 0.5) is 0 Å². The highest BCUT2D eigenvalue weighted by molar-refractivity contribution is 7.89. The van der Waals surface area contributed by atoms with Gasteiger partial charge in [0.05, 0.1) is 5.75 Å². The molecule has 2 heterocycles. The largest absolute Gasteiger partial charge is 0.297 e. The normalized spacial score (nSPS) is 34.8. The summed E-state index contributed by atoms with van der Waals surface area (Å²) in [5.41, 5.74) is 0.00358. The van der Waals surface area contributed by atoms with E-state index in [-0.39, 0.29) is 11.5 Å². The first-order valence-electron chi connectivity index (χ1n) is 8.63. The molecule has 3 rings (SSSR count). The number of piperazine rings is 1. The Morgan fingerprint density at radius 2 is 1.81 bits per heavy atom. The van der Waals surface area contributed by atoms with E-state index in [0.717, 1.165) is 38.9 Å². The van der Waals surface area contributed by atoms with Gasteiger partial charge in [-0.1, -0.05) is 26.2 Å². The third-order valence-corrected chi connectivity index (χ3v) is 8.11. The van der Waals surface area contributed by atoms with Crippen LogP contribution in [0.5, 0.6) is 0 Å². The van der Waals surface area contributed by atoms with Crippen molar-refractivity contribution >= 4 is 10.0 Å². The van der Waals surface area contributed by atoms with Gasteiger partial charge in [0.1, 0.15) is 0 Å². The van der Waals surface area contributed by atoms with Gasteiger partial charge in [0.2, 0.25) is 10.0 Å². The van der Waals surface area contributed by atoms with Crippen molar-refractivity contribution in [3.63, 3.8) is 0 Å². The van der Waals surface area contributed by atoms with E-state index in [9.17, 15) is 8.42 Å². The Balaban J connectivity index is 1.71. The summed E-state index contributed by atoms with van der Waals surface area (Å²) < 4.78 is 27.8. The summed E-state index contributed by atoms with van der Waals surface area (Å²) in [6, 6.07) is 0.603. The number of hydrogen-bond acceptors (Lipinski definition) is 3. The van der Waals surface area contributed by atoms with E-state index in [0.29, 0.717) is 11.8 Å². The minimum atomic E-state index is -3.12. The fourth-order valence-corrected chi connectivity index (χ4v) is 6.97. The van der Waals surface area contributed by atoms with Gasteiger partial charge in [-0.05, 0) is 44.6 Å². The van der Waals surface area contributed by atoms with Gasteiger partial charge in [0.25, 0.3) is 0 Å². The van der Waals surface area contributed by atoms with Gasteiger partial charge in [-0.25, -0.2) is 8.42 Å². The molecule has 2 saturated heterocycles. The van der Waals surface area contributed by atoms with Gasteiger partial charge in [0, 0.05) is 25.2 Å². The Hall–Kier alpha value is -0.130. The third kappa shape index (κ3) is 3.30. The lowest BCUT2D eigenvalue weighted by molar-refractivity contribution is 0.115. The maximum Gasteiger partial charge on any atom is 0.214 e. The molecule has 2 aliphatic heterocycles. The molecule has 0 aromatic heterocycles. The van der Waals surface area contributed by atoms with Crippen LogP contribution in [0, 0.1) is 5.41 Å². The molecule has 5 heteroatoms. The molecule has 0 spiro atoms. The number of hydrogen-bond donors (Lipinski definition) is 0. The summed E-state index contributed by atoms with van der Waals surface area (Å²) in [6.45, 7) is 7.05. The Morgan fingerprint density at radius 3 is 2.52 bits per heavy atom. The molecule has 0 amide bonds. The van der Waals surface area contributed by atoms with Crippen LogP contribution < -0.4 is 0 Å². The van der Waals surface area contributed by atoms with Gasteiger partial charge in [0.15, 0.2) is 0 Å². The molecule has 1 aliphatic carbocycles. The van der Waals surface area contributed by atoms with Crippen molar-refractivity contribution in [2.24, 2.45) is 5.41 Å². The first-order valence-corrected chi connectivity index (χ1v) is 10.2. The summed E-state index contributed by atoms with van der Waals surface area (Å²) in [5.74, 6) is 0.358. The SMILES string of the molecule is C[C@@H]1CN2CCC[C@H]2CN1S(=O)(=O)CC1(C)CCCCC1. The molecular formula is C16H30N2O2S.